The molecule has 0 aliphatic heterocycles. The van der Waals surface area contributed by atoms with Gasteiger partial charge in [-0.15, -0.1) is 0 Å². The second-order valence-electron chi connectivity index (χ2n) is 10.7. The van der Waals surface area contributed by atoms with Gasteiger partial charge in [0, 0.05) is 30.7 Å². The summed E-state index contributed by atoms with van der Waals surface area (Å²) in [7, 11) is 0. The summed E-state index contributed by atoms with van der Waals surface area (Å²) in [4.78, 5) is 0. The molecule has 5 rings (SSSR count). The zero-order valence-corrected chi connectivity index (χ0v) is 18.9. The lowest BCUT2D eigenvalue weighted by Gasteiger charge is -2.54. The zero-order valence-electron chi connectivity index (χ0n) is 18.1. The van der Waals surface area contributed by atoms with Crippen LogP contribution in [-0.2, 0) is 6.54 Å². The minimum atomic E-state index is -0.908. The topological polar surface area (TPSA) is 25.2 Å². The fourth-order valence-electron chi connectivity index (χ4n) is 7.98. The number of hydrogen-bond donors (Lipinski definition) is 1. The van der Waals surface area contributed by atoms with E-state index in [9.17, 15) is 5.11 Å². The van der Waals surface area contributed by atoms with Crippen LogP contribution in [0.1, 0.15) is 58.3 Å². The van der Waals surface area contributed by atoms with Crippen LogP contribution in [0, 0.1) is 46.3 Å². The molecule has 0 spiro atoms. The SMILES string of the molecule is C=C(Cn1cccc1)[C@H]1CC[C@H]2[C@@H]3CC=C4C[C@](O)(C#CCl)CC[C@@H]4[C@H]3CC[C@]12C. The monoisotopic (exact) mass is 423 g/mol. The molecule has 0 bridgehead atoms. The van der Waals surface area contributed by atoms with E-state index in [2.05, 4.69) is 60.0 Å². The number of hydrogen-bond acceptors (Lipinski definition) is 1. The van der Waals surface area contributed by atoms with Crippen molar-refractivity contribution in [3.8, 4) is 11.3 Å². The second kappa shape index (κ2) is 7.61. The van der Waals surface area contributed by atoms with Crippen molar-refractivity contribution in [2.24, 2.45) is 35.0 Å². The Morgan fingerprint density at radius 1 is 1.20 bits per heavy atom. The molecule has 0 radical (unpaired) electrons. The quantitative estimate of drug-likeness (QED) is 0.456. The van der Waals surface area contributed by atoms with Crippen LogP contribution in [0.25, 0.3) is 0 Å². The first-order valence-electron chi connectivity index (χ1n) is 11.8. The Morgan fingerprint density at radius 3 is 2.77 bits per heavy atom. The third-order valence-electron chi connectivity index (χ3n) is 9.33. The molecule has 30 heavy (non-hydrogen) atoms. The lowest BCUT2D eigenvalue weighted by atomic mass is 9.51. The molecule has 160 valence electrons. The Labute approximate surface area is 186 Å². The highest BCUT2D eigenvalue weighted by Gasteiger charge is 2.56. The lowest BCUT2D eigenvalue weighted by molar-refractivity contribution is -0.0204. The van der Waals surface area contributed by atoms with Gasteiger partial charge >= 0.3 is 0 Å². The molecule has 3 fully saturated rings. The van der Waals surface area contributed by atoms with Gasteiger partial charge in [-0.25, -0.2) is 0 Å². The lowest BCUT2D eigenvalue weighted by Crippen LogP contribution is -2.47. The summed E-state index contributed by atoms with van der Waals surface area (Å²) in [5, 5.41) is 13.2. The van der Waals surface area contributed by atoms with Gasteiger partial charge in [-0.1, -0.05) is 36.6 Å². The molecule has 1 aromatic heterocycles. The number of halogens is 1. The van der Waals surface area contributed by atoms with Crippen LogP contribution in [0.2, 0.25) is 0 Å². The molecular weight excluding hydrogens is 390 g/mol. The van der Waals surface area contributed by atoms with Crippen LogP contribution in [0.5, 0.6) is 0 Å². The Balaban J connectivity index is 1.34. The Hall–Kier alpha value is -1.43. The molecule has 0 saturated heterocycles. The summed E-state index contributed by atoms with van der Waals surface area (Å²) in [5.41, 5.74) is 2.37. The highest BCUT2D eigenvalue weighted by molar-refractivity contribution is 6.30. The number of nitrogens with zero attached hydrogens (tertiary/aromatic N) is 1. The third kappa shape index (κ3) is 3.30. The number of rotatable bonds is 3. The van der Waals surface area contributed by atoms with Gasteiger partial charge in [-0.05, 0) is 104 Å². The number of aromatic nitrogens is 1. The molecule has 1 heterocycles. The molecule has 4 aliphatic rings. The summed E-state index contributed by atoms with van der Waals surface area (Å²) in [6.07, 6.45) is 15.8. The highest BCUT2D eigenvalue weighted by atomic mass is 35.5. The maximum Gasteiger partial charge on any atom is 0.130 e. The summed E-state index contributed by atoms with van der Waals surface area (Å²) in [6.45, 7) is 8.10. The minimum Gasteiger partial charge on any atom is -0.377 e. The minimum absolute atomic E-state index is 0.399. The summed E-state index contributed by atoms with van der Waals surface area (Å²) >= 11 is 5.62. The van der Waals surface area contributed by atoms with E-state index < -0.39 is 5.60 Å². The van der Waals surface area contributed by atoms with Crippen molar-refractivity contribution in [2.75, 3.05) is 0 Å². The van der Waals surface area contributed by atoms with Crippen molar-refractivity contribution in [1.82, 2.24) is 4.57 Å². The van der Waals surface area contributed by atoms with E-state index >= 15 is 0 Å². The molecule has 0 aromatic carbocycles. The molecule has 0 unspecified atom stereocenters. The Kier molecular flexibility index (Phi) is 5.19. The van der Waals surface area contributed by atoms with Crippen molar-refractivity contribution in [3.63, 3.8) is 0 Å². The molecule has 0 amide bonds. The Morgan fingerprint density at radius 2 is 2.00 bits per heavy atom. The molecule has 1 aromatic rings. The number of fused-ring (bicyclic) bond motifs is 5. The van der Waals surface area contributed by atoms with Gasteiger partial charge in [0.15, 0.2) is 0 Å². The maximum atomic E-state index is 10.8. The van der Waals surface area contributed by atoms with Gasteiger partial charge in [0.1, 0.15) is 5.60 Å². The van der Waals surface area contributed by atoms with Crippen LogP contribution >= 0.6 is 11.6 Å². The summed E-state index contributed by atoms with van der Waals surface area (Å²) in [5.74, 6) is 6.55. The van der Waals surface area contributed by atoms with E-state index in [-0.39, 0.29) is 0 Å². The first-order chi connectivity index (χ1) is 14.4. The van der Waals surface area contributed by atoms with Gasteiger partial charge in [-0.2, -0.15) is 0 Å². The van der Waals surface area contributed by atoms with E-state index in [0.29, 0.717) is 23.7 Å². The fourth-order valence-corrected chi connectivity index (χ4v) is 8.15. The third-order valence-corrected chi connectivity index (χ3v) is 9.42. The summed E-state index contributed by atoms with van der Waals surface area (Å²) in [6, 6.07) is 4.21. The molecule has 3 saturated carbocycles. The standard InChI is InChI=1S/C27H34ClNO/c1-19(18-29-15-3-4-16-29)24-7-8-25-23-6-5-20-17-27(30,13-14-28)12-10-21(20)22(23)9-11-26(24,25)2/h3-5,15-16,21-25,30H,1,6-12,17-18H2,2H3/t21-,22+,23+,24+,25-,26+,27+/m0/s1. The van der Waals surface area contributed by atoms with E-state index in [4.69, 9.17) is 11.6 Å². The van der Waals surface area contributed by atoms with Gasteiger partial charge < -0.3 is 9.67 Å². The van der Waals surface area contributed by atoms with E-state index in [0.717, 1.165) is 37.1 Å². The first-order valence-corrected chi connectivity index (χ1v) is 12.1. The largest absolute Gasteiger partial charge is 0.377 e. The average molecular weight is 424 g/mol. The van der Waals surface area contributed by atoms with Crippen molar-refractivity contribution in [2.45, 2.75) is 70.4 Å². The molecule has 7 atom stereocenters. The smallest absolute Gasteiger partial charge is 0.130 e. The second-order valence-corrected chi connectivity index (χ2v) is 10.9. The van der Waals surface area contributed by atoms with E-state index in [1.807, 2.05) is 0 Å². The predicted octanol–water partition coefficient (Wildman–Crippen LogP) is 6.16. The number of allylic oxidation sites excluding steroid dienone is 2. The maximum absolute atomic E-state index is 10.8. The normalized spacial score (nSPS) is 42.2. The summed E-state index contributed by atoms with van der Waals surface area (Å²) < 4.78 is 2.27. The zero-order chi connectivity index (χ0) is 20.9. The molecule has 1 N–H and O–H groups in total. The fraction of sp³-hybridized carbons (Fsp3) is 0.630. The van der Waals surface area contributed by atoms with Gasteiger partial charge in [-0.3, -0.25) is 0 Å². The van der Waals surface area contributed by atoms with E-state index in [1.54, 1.807) is 0 Å². The van der Waals surface area contributed by atoms with Crippen LogP contribution in [0.3, 0.4) is 0 Å². The Bertz CT molecular complexity index is 905. The van der Waals surface area contributed by atoms with E-state index in [1.165, 1.54) is 43.3 Å². The van der Waals surface area contributed by atoms with Crippen molar-refractivity contribution in [1.29, 1.82) is 0 Å². The molecule has 4 aliphatic carbocycles. The van der Waals surface area contributed by atoms with Crippen molar-refractivity contribution in [3.05, 3.63) is 48.3 Å². The van der Waals surface area contributed by atoms with Crippen LogP contribution in [-0.4, -0.2) is 15.3 Å². The van der Waals surface area contributed by atoms with Crippen LogP contribution in [0.15, 0.2) is 48.3 Å². The molecular formula is C27H34ClNO. The van der Waals surface area contributed by atoms with Crippen molar-refractivity contribution < 1.29 is 5.11 Å². The molecule has 3 heteroatoms. The van der Waals surface area contributed by atoms with Gasteiger partial charge in [0.2, 0.25) is 0 Å². The highest BCUT2D eigenvalue weighted by Crippen LogP contribution is 2.64. The predicted molar refractivity (Wildman–Crippen MR) is 123 cm³/mol. The van der Waals surface area contributed by atoms with Crippen LogP contribution in [0.4, 0.5) is 0 Å². The van der Waals surface area contributed by atoms with Crippen molar-refractivity contribution >= 4 is 11.6 Å². The van der Waals surface area contributed by atoms with Crippen LogP contribution < -0.4 is 0 Å². The van der Waals surface area contributed by atoms with Gasteiger partial charge in [0.25, 0.3) is 0 Å². The number of aliphatic hydroxyl groups is 1. The first kappa shape index (κ1) is 20.5. The molecule has 2 nitrogen and oxygen atoms in total. The van der Waals surface area contributed by atoms with Gasteiger partial charge in [0.05, 0.1) is 0 Å². The average Bonchev–Trinajstić information content (AvgIpc) is 3.34.